The van der Waals surface area contributed by atoms with Crippen molar-refractivity contribution in [2.24, 2.45) is 0 Å². The molecule has 1 heterocycles. The second-order valence-electron chi connectivity index (χ2n) is 7.41. The van der Waals surface area contributed by atoms with Gasteiger partial charge in [-0.15, -0.1) is 0 Å². The van der Waals surface area contributed by atoms with Crippen LogP contribution < -0.4 is 4.74 Å². The van der Waals surface area contributed by atoms with E-state index in [9.17, 15) is 4.79 Å². The molecule has 3 aromatic rings. The van der Waals surface area contributed by atoms with Gasteiger partial charge in [-0.25, -0.2) is 0 Å². The van der Waals surface area contributed by atoms with Crippen LogP contribution in [0, 0.1) is 0 Å². The highest BCUT2D eigenvalue weighted by Gasteiger charge is 2.16. The van der Waals surface area contributed by atoms with E-state index in [2.05, 4.69) is 17.6 Å². The van der Waals surface area contributed by atoms with Gasteiger partial charge in [-0.05, 0) is 47.9 Å². The molecule has 3 rings (SSSR count). The Morgan fingerprint density at radius 3 is 2.53 bits per heavy atom. The molecule has 0 atom stereocenters. The fraction of sp³-hybridized carbons (Fsp3) is 0.320. The van der Waals surface area contributed by atoms with Crippen molar-refractivity contribution in [3.63, 3.8) is 0 Å². The molecule has 1 aromatic heterocycles. The van der Waals surface area contributed by atoms with Gasteiger partial charge in [0.25, 0.3) is 0 Å². The van der Waals surface area contributed by atoms with E-state index >= 15 is 0 Å². The third kappa shape index (κ3) is 5.90. The minimum Gasteiger partial charge on any atom is -0.497 e. The molecule has 0 aliphatic heterocycles. The predicted molar refractivity (Wildman–Crippen MR) is 122 cm³/mol. The molecule has 0 N–H and O–H groups in total. The predicted octanol–water partition coefficient (Wildman–Crippen LogP) is 5.57. The van der Waals surface area contributed by atoms with Crippen LogP contribution in [0.4, 0.5) is 0 Å². The lowest BCUT2D eigenvalue weighted by atomic mass is 10.1. The van der Waals surface area contributed by atoms with Crippen LogP contribution in [-0.2, 0) is 24.3 Å². The van der Waals surface area contributed by atoms with E-state index in [-0.39, 0.29) is 5.91 Å². The van der Waals surface area contributed by atoms with Gasteiger partial charge in [-0.2, -0.15) is 0 Å². The average Bonchev–Trinajstić information content (AvgIpc) is 3.19. The normalized spacial score (nSPS) is 10.8. The highest BCUT2D eigenvalue weighted by Crippen LogP contribution is 2.19. The molecular weight excluding hydrogens is 396 g/mol. The number of unbranched alkanes of at least 4 members (excludes halogenated alkanes) is 1. The molecule has 30 heavy (non-hydrogen) atoms. The molecule has 0 bridgehead atoms. The molecule has 0 fully saturated rings. The first-order valence-corrected chi connectivity index (χ1v) is 10.8. The minimum atomic E-state index is 0.138. The number of benzene rings is 2. The molecule has 1 amide bonds. The average molecular weight is 425 g/mol. The lowest BCUT2D eigenvalue weighted by molar-refractivity contribution is -0.131. The molecule has 0 saturated heterocycles. The third-order valence-electron chi connectivity index (χ3n) is 5.22. The molecule has 158 valence electrons. The number of methoxy groups -OCH3 is 1. The number of rotatable bonds is 10. The molecule has 0 aliphatic rings. The number of ether oxygens (including phenoxy) is 1. The topological polar surface area (TPSA) is 34.5 Å². The maximum atomic E-state index is 13.1. The summed E-state index contributed by atoms with van der Waals surface area (Å²) in [6.07, 6.45) is 4.47. The first-order chi connectivity index (χ1) is 14.6. The monoisotopic (exact) mass is 424 g/mol. The fourth-order valence-electron chi connectivity index (χ4n) is 3.42. The van der Waals surface area contributed by atoms with E-state index in [4.69, 9.17) is 16.3 Å². The quantitative estimate of drug-likeness (QED) is 0.426. The molecule has 0 aliphatic carbocycles. The van der Waals surface area contributed by atoms with Crippen LogP contribution in [0.15, 0.2) is 66.9 Å². The Morgan fingerprint density at radius 1 is 1.07 bits per heavy atom. The summed E-state index contributed by atoms with van der Waals surface area (Å²) in [6.45, 7) is 4.18. The summed E-state index contributed by atoms with van der Waals surface area (Å²) in [6, 6.07) is 19.7. The van der Waals surface area contributed by atoms with E-state index < -0.39 is 0 Å². The first kappa shape index (κ1) is 22.0. The number of hydrogen-bond donors (Lipinski definition) is 0. The van der Waals surface area contributed by atoms with Crippen molar-refractivity contribution in [3.8, 4) is 5.75 Å². The van der Waals surface area contributed by atoms with Gasteiger partial charge in [0, 0.05) is 30.0 Å². The Morgan fingerprint density at radius 2 is 1.83 bits per heavy atom. The van der Waals surface area contributed by atoms with Crippen molar-refractivity contribution in [1.29, 1.82) is 0 Å². The molecule has 2 aromatic carbocycles. The molecule has 0 spiro atoms. The van der Waals surface area contributed by atoms with E-state index in [0.717, 1.165) is 47.0 Å². The number of aromatic nitrogens is 1. The second-order valence-corrected chi connectivity index (χ2v) is 7.82. The zero-order valence-electron chi connectivity index (χ0n) is 17.7. The lowest BCUT2D eigenvalue weighted by Gasteiger charge is -2.24. The van der Waals surface area contributed by atoms with E-state index in [0.29, 0.717) is 19.5 Å². The zero-order valence-corrected chi connectivity index (χ0v) is 18.4. The molecule has 0 saturated carbocycles. The summed E-state index contributed by atoms with van der Waals surface area (Å²) in [5.41, 5.74) is 3.17. The van der Waals surface area contributed by atoms with Crippen LogP contribution in [0.5, 0.6) is 5.75 Å². The van der Waals surface area contributed by atoms with Crippen molar-refractivity contribution in [3.05, 3.63) is 88.7 Å². The van der Waals surface area contributed by atoms with Crippen molar-refractivity contribution in [2.45, 2.75) is 39.3 Å². The van der Waals surface area contributed by atoms with Gasteiger partial charge < -0.3 is 14.2 Å². The lowest BCUT2D eigenvalue weighted by Crippen LogP contribution is -2.33. The van der Waals surface area contributed by atoms with Crippen molar-refractivity contribution >= 4 is 17.5 Å². The van der Waals surface area contributed by atoms with E-state index in [1.165, 1.54) is 0 Å². The van der Waals surface area contributed by atoms with Crippen LogP contribution in [0.2, 0.25) is 5.02 Å². The van der Waals surface area contributed by atoms with Crippen molar-refractivity contribution in [2.75, 3.05) is 13.7 Å². The number of halogens is 1. The highest BCUT2D eigenvalue weighted by atomic mass is 35.5. The van der Waals surface area contributed by atoms with E-state index in [1.807, 2.05) is 65.7 Å². The van der Waals surface area contributed by atoms with Gasteiger partial charge in [-0.3, -0.25) is 4.79 Å². The number of nitrogens with zero attached hydrogens (tertiary/aromatic N) is 2. The maximum absolute atomic E-state index is 13.1. The van der Waals surface area contributed by atoms with Gasteiger partial charge in [-0.1, -0.05) is 55.3 Å². The van der Waals surface area contributed by atoms with Gasteiger partial charge in [0.1, 0.15) is 5.75 Å². The van der Waals surface area contributed by atoms with E-state index in [1.54, 1.807) is 7.11 Å². The minimum absolute atomic E-state index is 0.138. The Bertz CT molecular complexity index is 950. The van der Waals surface area contributed by atoms with Gasteiger partial charge >= 0.3 is 0 Å². The number of carbonyl (C=O) groups excluding carboxylic acids is 1. The largest absolute Gasteiger partial charge is 0.497 e. The van der Waals surface area contributed by atoms with Gasteiger partial charge in [0.15, 0.2) is 0 Å². The Labute approximate surface area is 184 Å². The van der Waals surface area contributed by atoms with Crippen LogP contribution in [-0.4, -0.2) is 29.0 Å². The first-order valence-electron chi connectivity index (χ1n) is 10.4. The summed E-state index contributed by atoms with van der Waals surface area (Å²) in [7, 11) is 1.64. The summed E-state index contributed by atoms with van der Waals surface area (Å²) < 4.78 is 7.38. The Kier molecular flexibility index (Phi) is 7.97. The Hall–Kier alpha value is -2.72. The molecule has 0 unspecified atom stereocenters. The van der Waals surface area contributed by atoms with Gasteiger partial charge in [0.05, 0.1) is 20.1 Å². The van der Waals surface area contributed by atoms with Crippen LogP contribution in [0.3, 0.4) is 0 Å². The second kappa shape index (κ2) is 10.9. The molecular formula is C25H29ClN2O2. The fourth-order valence-corrected chi connectivity index (χ4v) is 3.62. The standard InChI is InChI=1S/C25H29ClN2O2/c1-3-4-15-28(25(29)17-20-11-13-23(30-2)14-12-20)19-22-9-7-16-27(22)18-21-8-5-6-10-24(21)26/h5-14,16H,3-4,15,17-19H2,1-2H3. The number of hydrogen-bond acceptors (Lipinski definition) is 2. The molecule has 0 radical (unpaired) electrons. The maximum Gasteiger partial charge on any atom is 0.227 e. The molecule has 5 heteroatoms. The van der Waals surface area contributed by atoms with Crippen LogP contribution in [0.25, 0.3) is 0 Å². The smallest absolute Gasteiger partial charge is 0.227 e. The summed E-state index contributed by atoms with van der Waals surface area (Å²) in [4.78, 5) is 15.1. The highest BCUT2D eigenvalue weighted by molar-refractivity contribution is 6.31. The number of amides is 1. The van der Waals surface area contributed by atoms with Crippen LogP contribution >= 0.6 is 11.6 Å². The summed E-state index contributed by atoms with van der Waals surface area (Å²) >= 11 is 6.34. The van der Waals surface area contributed by atoms with Crippen molar-refractivity contribution < 1.29 is 9.53 Å². The third-order valence-corrected chi connectivity index (χ3v) is 5.59. The summed E-state index contributed by atoms with van der Waals surface area (Å²) in [5, 5.41) is 0.760. The number of carbonyl (C=O) groups is 1. The Balaban J connectivity index is 1.72. The SMILES string of the molecule is CCCCN(Cc1cccn1Cc1ccccc1Cl)C(=O)Cc1ccc(OC)cc1. The molecule has 4 nitrogen and oxygen atoms in total. The van der Waals surface area contributed by atoms with Crippen molar-refractivity contribution in [1.82, 2.24) is 9.47 Å². The van der Waals surface area contributed by atoms with Crippen LogP contribution in [0.1, 0.15) is 36.6 Å². The zero-order chi connectivity index (χ0) is 21.3. The summed E-state index contributed by atoms with van der Waals surface area (Å²) in [5.74, 6) is 0.936. The van der Waals surface area contributed by atoms with Gasteiger partial charge in [0.2, 0.25) is 5.91 Å².